The van der Waals surface area contributed by atoms with Gasteiger partial charge in [-0.25, -0.2) is 0 Å². The quantitative estimate of drug-likeness (QED) is 0.519. The Morgan fingerprint density at radius 2 is 1.55 bits per heavy atom. The molecule has 2 aliphatic heterocycles. The molecule has 0 atom stereocenters. The number of piperidine rings is 1. The van der Waals surface area contributed by atoms with Gasteiger partial charge in [-0.1, -0.05) is 63.8 Å². The fraction of sp³-hybridized carbons (Fsp3) is 0.562. The number of rotatable bonds is 6. The van der Waals surface area contributed by atoms with Crippen LogP contribution in [0.5, 0.6) is 0 Å². The molecule has 1 saturated heterocycles. The lowest BCUT2D eigenvalue weighted by Crippen LogP contribution is -2.36. The van der Waals surface area contributed by atoms with Crippen LogP contribution in [0.25, 0.3) is 0 Å². The van der Waals surface area contributed by atoms with Gasteiger partial charge in [0.2, 0.25) is 5.91 Å². The third-order valence-corrected chi connectivity index (χ3v) is 7.84. The van der Waals surface area contributed by atoms with Gasteiger partial charge < -0.3 is 15.5 Å². The molecule has 0 bridgehead atoms. The van der Waals surface area contributed by atoms with Crippen molar-refractivity contribution >= 4 is 17.5 Å². The van der Waals surface area contributed by atoms with Crippen molar-refractivity contribution in [2.45, 2.75) is 84.8 Å². The molecule has 0 aromatic heterocycles. The van der Waals surface area contributed by atoms with Crippen LogP contribution in [0.1, 0.15) is 92.3 Å². The van der Waals surface area contributed by atoms with Crippen molar-refractivity contribution in [1.29, 1.82) is 0 Å². The molecule has 0 saturated carbocycles. The van der Waals surface area contributed by atoms with Crippen molar-refractivity contribution in [3.63, 3.8) is 0 Å². The number of nitrogens with zero attached hydrogens (tertiary/aromatic N) is 2. The minimum Gasteiger partial charge on any atom is -0.348 e. The van der Waals surface area contributed by atoms with Crippen LogP contribution in [-0.2, 0) is 24.4 Å². The third kappa shape index (κ3) is 7.90. The molecular weight excluding hydrogens is 472 g/mol. The fourth-order valence-corrected chi connectivity index (χ4v) is 5.59. The van der Waals surface area contributed by atoms with Crippen LogP contribution in [0.15, 0.2) is 42.5 Å². The highest BCUT2D eigenvalue weighted by atomic mass is 16.2. The topological polar surface area (TPSA) is 64.7 Å². The second-order valence-corrected chi connectivity index (χ2v) is 11.2. The van der Waals surface area contributed by atoms with Crippen LogP contribution in [-0.4, -0.2) is 42.9 Å². The Hall–Kier alpha value is -2.70. The van der Waals surface area contributed by atoms with Crippen molar-refractivity contribution in [3.05, 3.63) is 64.7 Å². The second kappa shape index (κ2) is 14.5. The van der Waals surface area contributed by atoms with E-state index < -0.39 is 0 Å². The van der Waals surface area contributed by atoms with E-state index in [-0.39, 0.29) is 17.7 Å². The highest BCUT2D eigenvalue weighted by molar-refractivity contribution is 5.98. The van der Waals surface area contributed by atoms with Crippen molar-refractivity contribution in [1.82, 2.24) is 15.5 Å². The summed E-state index contributed by atoms with van der Waals surface area (Å²) in [4.78, 5) is 30.9. The van der Waals surface area contributed by atoms with E-state index >= 15 is 0 Å². The Labute approximate surface area is 229 Å². The van der Waals surface area contributed by atoms with Crippen molar-refractivity contribution in [2.24, 2.45) is 5.92 Å². The highest BCUT2D eigenvalue weighted by Crippen LogP contribution is 2.26. The number of anilines is 1. The van der Waals surface area contributed by atoms with Crippen LogP contribution in [0.2, 0.25) is 0 Å². The van der Waals surface area contributed by atoms with Crippen LogP contribution in [0.3, 0.4) is 0 Å². The van der Waals surface area contributed by atoms with Crippen molar-refractivity contribution < 1.29 is 9.59 Å². The first-order valence-electron chi connectivity index (χ1n) is 14.8. The lowest BCUT2D eigenvalue weighted by atomic mass is 10.0. The molecule has 0 unspecified atom stereocenters. The highest BCUT2D eigenvalue weighted by Gasteiger charge is 2.22. The van der Waals surface area contributed by atoms with Crippen LogP contribution in [0.4, 0.5) is 5.69 Å². The Kier molecular flexibility index (Phi) is 10.8. The summed E-state index contributed by atoms with van der Waals surface area (Å²) in [6.45, 7) is 10.00. The number of carbonyl (C=O) groups is 2. The van der Waals surface area contributed by atoms with E-state index in [2.05, 4.69) is 39.8 Å². The van der Waals surface area contributed by atoms with E-state index in [1.807, 2.05) is 36.9 Å². The zero-order valence-corrected chi connectivity index (χ0v) is 23.4. The summed E-state index contributed by atoms with van der Waals surface area (Å²) in [7, 11) is 0. The fourth-order valence-electron chi connectivity index (χ4n) is 5.59. The largest absolute Gasteiger partial charge is 0.348 e. The Morgan fingerprint density at radius 1 is 0.868 bits per heavy atom. The number of likely N-dealkylation sites (tertiary alicyclic amines) is 1. The maximum atomic E-state index is 13.3. The lowest BCUT2D eigenvalue weighted by Gasteiger charge is -2.28. The zero-order chi connectivity index (χ0) is 26.7. The summed E-state index contributed by atoms with van der Waals surface area (Å²) in [5, 5.41) is 6.71. The molecular formula is C32H46N4O2. The summed E-state index contributed by atoms with van der Waals surface area (Å²) < 4.78 is 0. The van der Waals surface area contributed by atoms with E-state index in [4.69, 9.17) is 0 Å². The number of nitrogens with one attached hydrogen (secondary N) is 2. The SMILES string of the molecule is CC(C)C(=O)N1CCCCCCCNCc2cc(C(=O)NCc3ccccc3CN3CCCCC3)ccc21. The summed E-state index contributed by atoms with van der Waals surface area (Å²) in [6, 6.07) is 14.3. The smallest absolute Gasteiger partial charge is 0.251 e. The van der Waals surface area contributed by atoms with Gasteiger partial charge in [-0.05, 0) is 80.2 Å². The zero-order valence-electron chi connectivity index (χ0n) is 23.4. The van der Waals surface area contributed by atoms with Gasteiger partial charge in [-0.2, -0.15) is 0 Å². The minimum atomic E-state index is -0.0755. The molecule has 0 spiro atoms. The lowest BCUT2D eigenvalue weighted by molar-refractivity contribution is -0.121. The molecule has 4 rings (SSSR count). The van der Waals surface area contributed by atoms with E-state index in [1.54, 1.807) is 0 Å². The number of hydrogen-bond acceptors (Lipinski definition) is 4. The van der Waals surface area contributed by atoms with E-state index in [9.17, 15) is 9.59 Å². The maximum absolute atomic E-state index is 13.3. The minimum absolute atomic E-state index is 0.0725. The van der Waals surface area contributed by atoms with Gasteiger partial charge in [-0.15, -0.1) is 0 Å². The normalized spacial score (nSPS) is 17.8. The predicted octanol–water partition coefficient (Wildman–Crippen LogP) is 5.65. The van der Waals surface area contributed by atoms with E-state index in [0.29, 0.717) is 18.7 Å². The van der Waals surface area contributed by atoms with Crippen LogP contribution < -0.4 is 15.5 Å². The summed E-state index contributed by atoms with van der Waals surface area (Å²) in [6.07, 6.45) is 9.58. The number of carbonyl (C=O) groups excluding carboxylic acids is 2. The number of fused-ring (bicyclic) bond motifs is 1. The van der Waals surface area contributed by atoms with Gasteiger partial charge in [0.1, 0.15) is 0 Å². The first kappa shape index (κ1) is 28.3. The average Bonchev–Trinajstić information content (AvgIpc) is 2.93. The van der Waals surface area contributed by atoms with Gasteiger partial charge in [0.15, 0.2) is 0 Å². The Balaban J connectivity index is 1.49. The number of benzene rings is 2. The first-order chi connectivity index (χ1) is 18.5. The molecule has 206 valence electrons. The molecule has 2 aliphatic rings. The van der Waals surface area contributed by atoms with Crippen LogP contribution in [0, 0.1) is 5.92 Å². The van der Waals surface area contributed by atoms with Gasteiger partial charge in [0.25, 0.3) is 5.91 Å². The summed E-state index contributed by atoms with van der Waals surface area (Å²) >= 11 is 0. The van der Waals surface area contributed by atoms with Gasteiger partial charge in [0, 0.05) is 43.3 Å². The molecule has 2 aromatic rings. The molecule has 2 heterocycles. The van der Waals surface area contributed by atoms with E-state index in [0.717, 1.165) is 63.2 Å². The van der Waals surface area contributed by atoms with Gasteiger partial charge in [-0.3, -0.25) is 14.5 Å². The summed E-state index contributed by atoms with van der Waals surface area (Å²) in [5.41, 5.74) is 5.05. The van der Waals surface area contributed by atoms with Crippen LogP contribution >= 0.6 is 0 Å². The Bertz CT molecular complexity index is 1060. The molecule has 38 heavy (non-hydrogen) atoms. The maximum Gasteiger partial charge on any atom is 0.251 e. The van der Waals surface area contributed by atoms with Crippen molar-refractivity contribution in [3.8, 4) is 0 Å². The van der Waals surface area contributed by atoms with Crippen molar-refractivity contribution in [2.75, 3.05) is 31.1 Å². The molecule has 2 aromatic carbocycles. The van der Waals surface area contributed by atoms with Gasteiger partial charge in [0.05, 0.1) is 0 Å². The monoisotopic (exact) mass is 518 g/mol. The Morgan fingerprint density at radius 3 is 2.34 bits per heavy atom. The molecule has 0 aliphatic carbocycles. The van der Waals surface area contributed by atoms with E-state index in [1.165, 1.54) is 43.2 Å². The predicted molar refractivity (Wildman–Crippen MR) is 155 cm³/mol. The number of hydrogen-bond donors (Lipinski definition) is 2. The molecule has 1 fully saturated rings. The number of amides is 2. The second-order valence-electron chi connectivity index (χ2n) is 11.2. The van der Waals surface area contributed by atoms with Gasteiger partial charge >= 0.3 is 0 Å². The molecule has 6 heteroatoms. The molecule has 0 radical (unpaired) electrons. The summed E-state index contributed by atoms with van der Waals surface area (Å²) in [5.74, 6) is -0.00375. The molecule has 2 amide bonds. The standard InChI is InChI=1S/C32H46N4O2/c1-25(2)32(38)36-20-12-5-3-4-9-17-33-22-29-21-26(15-16-30(29)36)31(37)34-23-27-13-7-8-14-28(27)24-35-18-10-6-11-19-35/h7-8,13-16,21,25,33H,3-6,9-12,17-20,22-24H2,1-2H3,(H,34,37). The average molecular weight is 519 g/mol. The molecule has 2 N–H and O–H groups in total. The third-order valence-electron chi connectivity index (χ3n) is 7.84. The first-order valence-corrected chi connectivity index (χ1v) is 14.8. The molecule has 6 nitrogen and oxygen atoms in total.